The molecule has 1 atom stereocenters. The van der Waals surface area contributed by atoms with Gasteiger partial charge < -0.3 is 10.6 Å². The molecule has 1 unspecified atom stereocenters. The van der Waals surface area contributed by atoms with Crippen molar-refractivity contribution in [2.24, 2.45) is 0 Å². The van der Waals surface area contributed by atoms with Crippen molar-refractivity contribution in [1.82, 2.24) is 10.6 Å². The number of nitrogens with one attached hydrogen (secondary N) is 2. The van der Waals surface area contributed by atoms with E-state index in [-0.39, 0.29) is 5.91 Å². The molecule has 90 valence electrons. The molecule has 3 heteroatoms. The molecule has 0 bridgehead atoms. The normalized spacial score (nSPS) is 22.5. The molecular formula is C14H18N2O. The summed E-state index contributed by atoms with van der Waals surface area (Å²) < 4.78 is 0. The van der Waals surface area contributed by atoms with Gasteiger partial charge in [-0.25, -0.2) is 0 Å². The number of hydrogen-bond acceptors (Lipinski definition) is 2. The molecule has 0 spiro atoms. The van der Waals surface area contributed by atoms with Crippen LogP contribution >= 0.6 is 0 Å². The van der Waals surface area contributed by atoms with Crippen molar-refractivity contribution in [3.63, 3.8) is 0 Å². The molecule has 0 radical (unpaired) electrons. The van der Waals surface area contributed by atoms with Gasteiger partial charge in [-0.15, -0.1) is 0 Å². The fraction of sp³-hybridized carbons (Fsp3) is 0.500. The maximum Gasteiger partial charge on any atom is 0.251 e. The highest BCUT2D eigenvalue weighted by Crippen LogP contribution is 2.22. The zero-order valence-corrected chi connectivity index (χ0v) is 9.96. The number of fused-ring (bicyclic) bond motifs is 1. The van der Waals surface area contributed by atoms with Gasteiger partial charge in [0.2, 0.25) is 0 Å². The zero-order chi connectivity index (χ0) is 11.7. The first-order valence-electron chi connectivity index (χ1n) is 6.46. The third kappa shape index (κ3) is 2.20. The number of benzene rings is 1. The van der Waals surface area contributed by atoms with Gasteiger partial charge in [0.1, 0.15) is 0 Å². The van der Waals surface area contributed by atoms with E-state index in [1.54, 1.807) is 0 Å². The van der Waals surface area contributed by atoms with E-state index in [1.807, 2.05) is 6.07 Å². The second-order valence-corrected chi connectivity index (χ2v) is 5.00. The van der Waals surface area contributed by atoms with Crippen molar-refractivity contribution >= 4 is 5.91 Å². The van der Waals surface area contributed by atoms with Crippen molar-refractivity contribution in [3.05, 3.63) is 34.9 Å². The van der Waals surface area contributed by atoms with Crippen LogP contribution in [0.2, 0.25) is 0 Å². The Morgan fingerprint density at radius 3 is 3.00 bits per heavy atom. The monoisotopic (exact) mass is 230 g/mol. The first kappa shape index (κ1) is 10.8. The molecule has 1 saturated heterocycles. The lowest BCUT2D eigenvalue weighted by molar-refractivity contribution is 0.0940. The lowest BCUT2D eigenvalue weighted by Crippen LogP contribution is -2.36. The molecule has 1 amide bonds. The predicted octanol–water partition coefficient (Wildman–Crippen LogP) is 1.27. The molecular weight excluding hydrogens is 212 g/mol. The summed E-state index contributed by atoms with van der Waals surface area (Å²) in [5, 5.41) is 6.34. The van der Waals surface area contributed by atoms with Gasteiger partial charge in [0.25, 0.3) is 5.91 Å². The average Bonchev–Trinajstić information content (AvgIpc) is 2.97. The van der Waals surface area contributed by atoms with Crippen LogP contribution in [0.3, 0.4) is 0 Å². The van der Waals surface area contributed by atoms with Gasteiger partial charge in [0.15, 0.2) is 0 Å². The van der Waals surface area contributed by atoms with Gasteiger partial charge >= 0.3 is 0 Å². The van der Waals surface area contributed by atoms with Gasteiger partial charge in [-0.2, -0.15) is 0 Å². The summed E-state index contributed by atoms with van der Waals surface area (Å²) in [5.74, 6) is 0.0772. The van der Waals surface area contributed by atoms with Crippen LogP contribution in [0.5, 0.6) is 0 Å². The first-order chi connectivity index (χ1) is 8.33. The molecule has 2 N–H and O–H groups in total. The van der Waals surface area contributed by atoms with Crippen LogP contribution in [0.25, 0.3) is 0 Å². The summed E-state index contributed by atoms with van der Waals surface area (Å²) in [6, 6.07) is 6.45. The summed E-state index contributed by atoms with van der Waals surface area (Å²) in [5.41, 5.74) is 3.60. The van der Waals surface area contributed by atoms with Gasteiger partial charge in [-0.3, -0.25) is 4.79 Å². The van der Waals surface area contributed by atoms with Crippen LogP contribution in [0.4, 0.5) is 0 Å². The maximum absolute atomic E-state index is 12.1. The number of hydrogen-bond donors (Lipinski definition) is 2. The minimum Gasteiger partial charge on any atom is -0.348 e. The van der Waals surface area contributed by atoms with Crippen LogP contribution in [0.1, 0.15) is 34.3 Å². The molecule has 3 rings (SSSR count). The van der Waals surface area contributed by atoms with Gasteiger partial charge in [-0.1, -0.05) is 6.07 Å². The quantitative estimate of drug-likeness (QED) is 0.803. The summed E-state index contributed by atoms with van der Waals surface area (Å²) in [4.78, 5) is 12.1. The highest BCUT2D eigenvalue weighted by atomic mass is 16.1. The van der Waals surface area contributed by atoms with Crippen molar-refractivity contribution < 1.29 is 4.79 Å². The van der Waals surface area contributed by atoms with Crippen LogP contribution in [-0.4, -0.2) is 25.0 Å². The van der Waals surface area contributed by atoms with E-state index in [0.717, 1.165) is 31.5 Å². The maximum atomic E-state index is 12.1. The Morgan fingerprint density at radius 1 is 1.29 bits per heavy atom. The van der Waals surface area contributed by atoms with E-state index in [2.05, 4.69) is 22.8 Å². The van der Waals surface area contributed by atoms with Gasteiger partial charge in [0, 0.05) is 18.2 Å². The third-order valence-electron chi connectivity index (χ3n) is 3.76. The highest BCUT2D eigenvalue weighted by Gasteiger charge is 2.19. The molecule has 3 nitrogen and oxygen atoms in total. The first-order valence-corrected chi connectivity index (χ1v) is 6.46. The zero-order valence-electron chi connectivity index (χ0n) is 9.96. The number of aryl methyl sites for hydroxylation is 2. The minimum atomic E-state index is 0.0772. The Bertz CT molecular complexity index is 436. The number of amides is 1. The highest BCUT2D eigenvalue weighted by molar-refractivity contribution is 5.94. The Labute approximate surface area is 102 Å². The van der Waals surface area contributed by atoms with Crippen molar-refractivity contribution in [2.45, 2.75) is 31.7 Å². The van der Waals surface area contributed by atoms with Crippen molar-refractivity contribution in [3.8, 4) is 0 Å². The van der Waals surface area contributed by atoms with E-state index >= 15 is 0 Å². The van der Waals surface area contributed by atoms with Crippen LogP contribution in [0.15, 0.2) is 18.2 Å². The van der Waals surface area contributed by atoms with Crippen LogP contribution in [-0.2, 0) is 12.8 Å². The average molecular weight is 230 g/mol. The minimum absolute atomic E-state index is 0.0772. The molecule has 0 aromatic heterocycles. The molecule has 17 heavy (non-hydrogen) atoms. The molecule has 1 aromatic carbocycles. The largest absolute Gasteiger partial charge is 0.348 e. The number of carbonyl (C=O) groups excluding carboxylic acids is 1. The second kappa shape index (κ2) is 4.49. The van der Waals surface area contributed by atoms with E-state index in [0.29, 0.717) is 6.04 Å². The molecule has 1 aromatic rings. The number of carbonyl (C=O) groups is 1. The summed E-state index contributed by atoms with van der Waals surface area (Å²) in [6.45, 7) is 1.91. The Hall–Kier alpha value is -1.35. The topological polar surface area (TPSA) is 41.1 Å². The molecule has 1 fully saturated rings. The Morgan fingerprint density at radius 2 is 2.18 bits per heavy atom. The summed E-state index contributed by atoms with van der Waals surface area (Å²) in [7, 11) is 0. The van der Waals surface area contributed by atoms with Crippen molar-refractivity contribution in [1.29, 1.82) is 0 Å². The van der Waals surface area contributed by atoms with Gasteiger partial charge in [0.05, 0.1) is 0 Å². The van der Waals surface area contributed by atoms with Crippen molar-refractivity contribution in [2.75, 3.05) is 13.1 Å². The second-order valence-electron chi connectivity index (χ2n) is 5.00. The van der Waals surface area contributed by atoms with E-state index in [1.165, 1.54) is 24.0 Å². The molecule has 1 aliphatic heterocycles. The van der Waals surface area contributed by atoms with E-state index < -0.39 is 0 Å². The lowest BCUT2D eigenvalue weighted by Gasteiger charge is -2.12. The van der Waals surface area contributed by atoms with Crippen LogP contribution < -0.4 is 10.6 Å². The molecule has 1 heterocycles. The predicted molar refractivity (Wildman–Crippen MR) is 67.2 cm³/mol. The fourth-order valence-electron chi connectivity index (χ4n) is 2.76. The summed E-state index contributed by atoms with van der Waals surface area (Å²) >= 11 is 0. The lowest BCUT2D eigenvalue weighted by atomic mass is 10.1. The number of rotatable bonds is 2. The SMILES string of the molecule is O=C(NC1CCNC1)c1ccc2c(c1)CCC2. The fourth-order valence-corrected chi connectivity index (χ4v) is 2.76. The summed E-state index contributed by atoms with van der Waals surface area (Å²) in [6.07, 6.45) is 4.56. The van der Waals surface area contributed by atoms with Gasteiger partial charge in [-0.05, 0) is 55.5 Å². The standard InChI is InChI=1S/C14H18N2O/c17-14(16-13-6-7-15-9-13)12-5-4-10-2-1-3-11(10)8-12/h4-5,8,13,15H,1-3,6-7,9H2,(H,16,17). The Kier molecular flexibility index (Phi) is 2.85. The molecule has 1 aliphatic carbocycles. The van der Waals surface area contributed by atoms with E-state index in [9.17, 15) is 4.79 Å². The smallest absolute Gasteiger partial charge is 0.251 e. The Balaban J connectivity index is 1.72. The molecule has 0 saturated carbocycles. The van der Waals surface area contributed by atoms with Crippen LogP contribution in [0, 0.1) is 0 Å². The third-order valence-corrected chi connectivity index (χ3v) is 3.76. The van der Waals surface area contributed by atoms with E-state index in [4.69, 9.17) is 0 Å². The molecule has 2 aliphatic rings.